The summed E-state index contributed by atoms with van der Waals surface area (Å²) < 4.78 is 2.18. The van der Waals surface area contributed by atoms with Crippen molar-refractivity contribution in [2.75, 3.05) is 50.7 Å². The number of carbonyl (C=O) groups is 2. The number of aromatic nitrogens is 3. The third-order valence-corrected chi connectivity index (χ3v) is 6.73. The highest BCUT2D eigenvalue weighted by Crippen LogP contribution is 2.23. The maximum atomic E-state index is 12.8. The SMILES string of the molecule is C=Cc1cnc(N2CCN(C(=O)CN3CC(Cn4ccc5ccc(C(N)=O)cc54)C3)CC2)cn1. The number of fused-ring (bicyclic) bond motifs is 1. The number of primary amides is 1. The van der Waals surface area contributed by atoms with Gasteiger partial charge in [-0.25, -0.2) is 4.98 Å². The van der Waals surface area contributed by atoms with Crippen molar-refractivity contribution in [1.29, 1.82) is 0 Å². The Labute approximate surface area is 198 Å². The van der Waals surface area contributed by atoms with Crippen molar-refractivity contribution in [3.63, 3.8) is 0 Å². The largest absolute Gasteiger partial charge is 0.366 e. The van der Waals surface area contributed by atoms with Crippen molar-refractivity contribution in [3.8, 4) is 0 Å². The van der Waals surface area contributed by atoms with Gasteiger partial charge in [0.2, 0.25) is 11.8 Å². The van der Waals surface area contributed by atoms with E-state index in [2.05, 4.69) is 43.2 Å². The van der Waals surface area contributed by atoms with Gasteiger partial charge in [0.05, 0.1) is 24.6 Å². The zero-order valence-electron chi connectivity index (χ0n) is 19.1. The first-order valence-corrected chi connectivity index (χ1v) is 11.6. The molecule has 2 amide bonds. The number of nitrogens with two attached hydrogens (primary N) is 1. The van der Waals surface area contributed by atoms with E-state index in [1.807, 2.05) is 17.0 Å². The van der Waals surface area contributed by atoms with Crippen LogP contribution in [0.25, 0.3) is 17.0 Å². The zero-order valence-corrected chi connectivity index (χ0v) is 19.1. The van der Waals surface area contributed by atoms with Gasteiger partial charge in [-0.3, -0.25) is 19.5 Å². The molecule has 0 spiro atoms. The molecule has 2 aromatic heterocycles. The van der Waals surface area contributed by atoms with Crippen LogP contribution in [0.1, 0.15) is 16.1 Å². The summed E-state index contributed by atoms with van der Waals surface area (Å²) in [4.78, 5) is 39.4. The molecular weight excluding hydrogens is 430 g/mol. The summed E-state index contributed by atoms with van der Waals surface area (Å²) in [6.45, 7) is 9.71. The van der Waals surface area contributed by atoms with Gasteiger partial charge in [-0.2, -0.15) is 0 Å². The summed E-state index contributed by atoms with van der Waals surface area (Å²) in [5.74, 6) is 1.09. The quantitative estimate of drug-likeness (QED) is 0.574. The van der Waals surface area contributed by atoms with Crippen LogP contribution in [-0.4, -0.2) is 82.0 Å². The molecule has 5 rings (SSSR count). The molecule has 0 atom stereocenters. The molecule has 9 nitrogen and oxygen atoms in total. The van der Waals surface area contributed by atoms with Crippen LogP contribution >= 0.6 is 0 Å². The number of anilines is 1. The third-order valence-electron chi connectivity index (χ3n) is 6.73. The number of likely N-dealkylation sites (tertiary alicyclic amines) is 1. The fourth-order valence-corrected chi connectivity index (χ4v) is 4.77. The molecule has 2 aliphatic heterocycles. The molecule has 0 aliphatic carbocycles. The smallest absolute Gasteiger partial charge is 0.248 e. The molecule has 4 heterocycles. The molecule has 0 bridgehead atoms. The highest BCUT2D eigenvalue weighted by molar-refractivity contribution is 5.97. The Hall–Kier alpha value is -3.72. The Morgan fingerprint density at radius 3 is 2.56 bits per heavy atom. The van der Waals surface area contributed by atoms with E-state index < -0.39 is 5.91 Å². The lowest BCUT2D eigenvalue weighted by atomic mass is 10.00. The second kappa shape index (κ2) is 9.26. The molecule has 9 heteroatoms. The van der Waals surface area contributed by atoms with Gasteiger partial charge in [0.1, 0.15) is 5.82 Å². The van der Waals surface area contributed by atoms with Crippen LogP contribution in [-0.2, 0) is 11.3 Å². The molecule has 1 aromatic carbocycles. The third kappa shape index (κ3) is 4.51. The molecule has 2 aliphatic rings. The molecule has 2 saturated heterocycles. The summed E-state index contributed by atoms with van der Waals surface area (Å²) in [6, 6.07) is 7.60. The molecule has 34 heavy (non-hydrogen) atoms. The van der Waals surface area contributed by atoms with Crippen LogP contribution in [0, 0.1) is 5.92 Å². The van der Waals surface area contributed by atoms with Gasteiger partial charge >= 0.3 is 0 Å². The summed E-state index contributed by atoms with van der Waals surface area (Å²) >= 11 is 0. The Bertz CT molecular complexity index is 1210. The summed E-state index contributed by atoms with van der Waals surface area (Å²) in [5.41, 5.74) is 7.73. The van der Waals surface area contributed by atoms with Crippen molar-refractivity contribution in [2.24, 2.45) is 11.7 Å². The maximum absolute atomic E-state index is 12.8. The number of amides is 2. The lowest BCUT2D eigenvalue weighted by Gasteiger charge is -2.41. The predicted molar refractivity (Wildman–Crippen MR) is 131 cm³/mol. The van der Waals surface area contributed by atoms with Crippen molar-refractivity contribution in [1.82, 2.24) is 24.3 Å². The second-order valence-electron chi connectivity index (χ2n) is 9.04. The Balaban J connectivity index is 1.09. The van der Waals surface area contributed by atoms with Crippen molar-refractivity contribution in [3.05, 3.63) is 60.7 Å². The van der Waals surface area contributed by atoms with Crippen LogP contribution < -0.4 is 10.6 Å². The monoisotopic (exact) mass is 459 g/mol. The fourth-order valence-electron chi connectivity index (χ4n) is 4.77. The van der Waals surface area contributed by atoms with Crippen LogP contribution in [0.4, 0.5) is 5.82 Å². The molecule has 176 valence electrons. The van der Waals surface area contributed by atoms with Gasteiger partial charge in [0.15, 0.2) is 0 Å². The van der Waals surface area contributed by atoms with Crippen molar-refractivity contribution < 1.29 is 9.59 Å². The molecular formula is C25H29N7O2. The van der Waals surface area contributed by atoms with Gasteiger partial charge in [-0.1, -0.05) is 12.6 Å². The van der Waals surface area contributed by atoms with Gasteiger partial charge in [-0.05, 0) is 29.7 Å². The van der Waals surface area contributed by atoms with E-state index in [0.29, 0.717) is 31.1 Å². The minimum absolute atomic E-state index is 0.184. The molecule has 0 saturated carbocycles. The number of hydrogen-bond acceptors (Lipinski definition) is 6. The minimum atomic E-state index is -0.414. The molecule has 0 radical (unpaired) electrons. The van der Waals surface area contributed by atoms with Crippen LogP contribution in [0.3, 0.4) is 0 Å². The normalized spacial score (nSPS) is 17.1. The van der Waals surface area contributed by atoms with Gasteiger partial charge in [0.25, 0.3) is 0 Å². The average molecular weight is 460 g/mol. The first-order chi connectivity index (χ1) is 16.5. The first kappa shape index (κ1) is 22.1. The minimum Gasteiger partial charge on any atom is -0.366 e. The zero-order chi connectivity index (χ0) is 23.7. The number of nitrogens with zero attached hydrogens (tertiary/aromatic N) is 6. The Morgan fingerprint density at radius 2 is 1.88 bits per heavy atom. The standard InChI is InChI=1S/C25H29N7O2/c1-2-21-12-28-23(13-27-21)30-7-9-31(10-8-30)24(33)17-29-14-18(15-29)16-32-6-5-19-3-4-20(25(26)34)11-22(19)32/h2-6,11-13,18H,1,7-10,14-17H2,(H2,26,34). The van der Waals surface area contributed by atoms with E-state index in [0.717, 1.165) is 55.1 Å². The lowest BCUT2D eigenvalue weighted by Crippen LogP contribution is -2.55. The Kier molecular flexibility index (Phi) is 6.02. The molecule has 0 unspecified atom stereocenters. The average Bonchev–Trinajstić information content (AvgIpc) is 3.24. The van der Waals surface area contributed by atoms with Crippen LogP contribution in [0.2, 0.25) is 0 Å². The van der Waals surface area contributed by atoms with E-state index in [-0.39, 0.29) is 5.91 Å². The van der Waals surface area contributed by atoms with Gasteiger partial charge in [-0.15, -0.1) is 0 Å². The second-order valence-corrected chi connectivity index (χ2v) is 9.04. The number of rotatable bonds is 7. The molecule has 3 aromatic rings. The highest BCUT2D eigenvalue weighted by atomic mass is 16.2. The topological polar surface area (TPSA) is 101 Å². The number of carbonyl (C=O) groups excluding carboxylic acids is 2. The van der Waals surface area contributed by atoms with Crippen molar-refractivity contribution >= 4 is 34.6 Å². The summed E-state index contributed by atoms with van der Waals surface area (Å²) in [5, 5.41) is 1.10. The lowest BCUT2D eigenvalue weighted by molar-refractivity contribution is -0.134. The van der Waals surface area contributed by atoms with Crippen LogP contribution in [0.5, 0.6) is 0 Å². The van der Waals surface area contributed by atoms with Crippen molar-refractivity contribution in [2.45, 2.75) is 6.54 Å². The van der Waals surface area contributed by atoms with Crippen LogP contribution in [0.15, 0.2) is 49.4 Å². The van der Waals surface area contributed by atoms with E-state index in [9.17, 15) is 9.59 Å². The van der Waals surface area contributed by atoms with E-state index in [1.54, 1.807) is 24.5 Å². The van der Waals surface area contributed by atoms with E-state index in [1.165, 1.54) is 0 Å². The number of piperazine rings is 1. The van der Waals surface area contributed by atoms with Gasteiger partial charge in [0, 0.05) is 69.0 Å². The van der Waals surface area contributed by atoms with E-state index in [4.69, 9.17) is 5.73 Å². The maximum Gasteiger partial charge on any atom is 0.248 e. The first-order valence-electron chi connectivity index (χ1n) is 11.6. The number of benzene rings is 1. The highest BCUT2D eigenvalue weighted by Gasteiger charge is 2.31. The summed E-state index contributed by atoms with van der Waals surface area (Å²) in [7, 11) is 0. The Morgan fingerprint density at radius 1 is 1.09 bits per heavy atom. The van der Waals surface area contributed by atoms with E-state index >= 15 is 0 Å². The molecule has 2 N–H and O–H groups in total. The summed E-state index contributed by atoms with van der Waals surface area (Å²) in [6.07, 6.45) is 7.21. The fraction of sp³-hybridized carbons (Fsp3) is 0.360. The van der Waals surface area contributed by atoms with Gasteiger partial charge < -0.3 is 20.1 Å². The number of hydrogen-bond donors (Lipinski definition) is 1. The predicted octanol–water partition coefficient (Wildman–Crippen LogP) is 1.45. The molecule has 2 fully saturated rings.